The van der Waals surface area contributed by atoms with Crippen molar-refractivity contribution in [3.8, 4) is 0 Å². The molecular formula is C16H24FIN4O2. The van der Waals surface area contributed by atoms with Gasteiger partial charge in [-0.3, -0.25) is 9.79 Å². The van der Waals surface area contributed by atoms with E-state index in [0.29, 0.717) is 12.5 Å². The zero-order valence-corrected chi connectivity index (χ0v) is 16.3. The van der Waals surface area contributed by atoms with Crippen LogP contribution in [0, 0.1) is 11.7 Å². The van der Waals surface area contributed by atoms with Crippen LogP contribution in [0.15, 0.2) is 29.3 Å². The second-order valence-electron chi connectivity index (χ2n) is 5.57. The molecule has 1 aromatic rings. The zero-order valence-electron chi connectivity index (χ0n) is 13.9. The molecule has 0 bridgehead atoms. The predicted molar refractivity (Wildman–Crippen MR) is 103 cm³/mol. The van der Waals surface area contributed by atoms with Gasteiger partial charge < -0.3 is 20.3 Å². The highest BCUT2D eigenvalue weighted by molar-refractivity contribution is 14.0. The van der Waals surface area contributed by atoms with Gasteiger partial charge in [0.1, 0.15) is 5.82 Å². The minimum absolute atomic E-state index is 0. The normalized spacial score (nSPS) is 16.4. The van der Waals surface area contributed by atoms with Crippen molar-refractivity contribution >= 4 is 41.6 Å². The lowest BCUT2D eigenvalue weighted by atomic mass is 10.2. The minimum atomic E-state index is -0.306. The van der Waals surface area contributed by atoms with Gasteiger partial charge in [-0.15, -0.1) is 24.0 Å². The number of nitrogens with two attached hydrogens (primary N) is 1. The molecule has 0 aromatic heterocycles. The van der Waals surface area contributed by atoms with E-state index in [4.69, 9.17) is 5.73 Å². The van der Waals surface area contributed by atoms with Crippen LogP contribution in [-0.2, 0) is 9.53 Å². The first kappa shape index (κ1) is 20.5. The van der Waals surface area contributed by atoms with Crippen LogP contribution in [0.5, 0.6) is 0 Å². The molecule has 24 heavy (non-hydrogen) atoms. The molecule has 0 spiro atoms. The summed E-state index contributed by atoms with van der Waals surface area (Å²) in [5.74, 6) is -0.385. The topological polar surface area (TPSA) is 71.2 Å². The van der Waals surface area contributed by atoms with Crippen molar-refractivity contribution in [2.45, 2.75) is 6.92 Å². The Balaban J connectivity index is 0.00000288. The van der Waals surface area contributed by atoms with Gasteiger partial charge in [0.05, 0.1) is 19.6 Å². The molecule has 0 amide bonds. The summed E-state index contributed by atoms with van der Waals surface area (Å²) in [7, 11) is 1.36. The molecule has 1 fully saturated rings. The van der Waals surface area contributed by atoms with E-state index in [1.807, 2.05) is 4.90 Å². The highest BCUT2D eigenvalue weighted by atomic mass is 127. The number of hydrogen-bond donors (Lipinski definition) is 1. The summed E-state index contributed by atoms with van der Waals surface area (Å²) in [5, 5.41) is 0. The van der Waals surface area contributed by atoms with Gasteiger partial charge in [0.2, 0.25) is 0 Å². The lowest BCUT2D eigenvalue weighted by Gasteiger charge is -2.36. The Labute approximate surface area is 158 Å². The van der Waals surface area contributed by atoms with E-state index in [0.717, 1.165) is 31.9 Å². The molecule has 1 aromatic carbocycles. The van der Waals surface area contributed by atoms with Crippen molar-refractivity contribution < 1.29 is 13.9 Å². The molecule has 1 heterocycles. The number of aliphatic imine (C=N–C) groups is 1. The summed E-state index contributed by atoms with van der Waals surface area (Å²) in [6.45, 7) is 5.12. The minimum Gasteiger partial charge on any atom is -0.469 e. The Morgan fingerprint density at radius 3 is 2.42 bits per heavy atom. The number of nitrogens with zero attached hydrogens (tertiary/aromatic N) is 3. The highest BCUT2D eigenvalue weighted by Gasteiger charge is 2.19. The van der Waals surface area contributed by atoms with Gasteiger partial charge in [0.15, 0.2) is 5.96 Å². The average Bonchev–Trinajstić information content (AvgIpc) is 2.59. The first-order chi connectivity index (χ1) is 11.0. The monoisotopic (exact) mass is 450 g/mol. The molecule has 0 radical (unpaired) electrons. The molecule has 1 aliphatic rings. The third-order valence-corrected chi connectivity index (χ3v) is 3.93. The summed E-state index contributed by atoms with van der Waals surface area (Å²) < 4.78 is 17.6. The van der Waals surface area contributed by atoms with Crippen LogP contribution >= 0.6 is 24.0 Å². The Morgan fingerprint density at radius 1 is 1.29 bits per heavy atom. The first-order valence-corrected chi connectivity index (χ1v) is 7.64. The lowest BCUT2D eigenvalue weighted by molar-refractivity contribution is -0.144. The Bertz CT molecular complexity index is 560. The molecule has 2 rings (SSSR count). The molecule has 1 aliphatic heterocycles. The Kier molecular flexibility index (Phi) is 8.23. The summed E-state index contributed by atoms with van der Waals surface area (Å²) in [5.41, 5.74) is 7.00. The number of benzene rings is 1. The fourth-order valence-electron chi connectivity index (χ4n) is 2.45. The third-order valence-electron chi connectivity index (χ3n) is 3.93. The van der Waals surface area contributed by atoms with Gasteiger partial charge in [-0.2, -0.15) is 0 Å². The number of guanidine groups is 1. The lowest BCUT2D eigenvalue weighted by Crippen LogP contribution is -2.51. The molecule has 1 saturated heterocycles. The van der Waals surface area contributed by atoms with Gasteiger partial charge in [0, 0.05) is 31.9 Å². The number of hydrogen-bond acceptors (Lipinski definition) is 4. The number of carbonyl (C=O) groups is 1. The van der Waals surface area contributed by atoms with E-state index in [-0.39, 0.29) is 41.7 Å². The first-order valence-electron chi connectivity index (χ1n) is 7.64. The van der Waals surface area contributed by atoms with Crippen molar-refractivity contribution in [2.75, 3.05) is 44.7 Å². The smallest absolute Gasteiger partial charge is 0.310 e. The molecule has 1 unspecified atom stereocenters. The van der Waals surface area contributed by atoms with Gasteiger partial charge >= 0.3 is 5.97 Å². The molecule has 134 valence electrons. The van der Waals surface area contributed by atoms with Gasteiger partial charge in [0.25, 0.3) is 0 Å². The number of carbonyl (C=O) groups excluding carboxylic acids is 1. The average molecular weight is 450 g/mol. The maximum absolute atomic E-state index is 13.0. The zero-order chi connectivity index (χ0) is 16.8. The molecular weight excluding hydrogens is 426 g/mol. The number of ether oxygens (including phenoxy) is 1. The molecule has 8 heteroatoms. The highest BCUT2D eigenvalue weighted by Crippen LogP contribution is 2.16. The number of halogens is 2. The second kappa shape index (κ2) is 9.65. The molecule has 6 nitrogen and oxygen atoms in total. The molecule has 1 atom stereocenters. The van der Waals surface area contributed by atoms with E-state index >= 15 is 0 Å². The van der Waals surface area contributed by atoms with E-state index in [1.165, 1.54) is 19.2 Å². The van der Waals surface area contributed by atoms with E-state index in [2.05, 4.69) is 14.6 Å². The van der Waals surface area contributed by atoms with Crippen molar-refractivity contribution in [1.82, 2.24) is 4.90 Å². The maximum Gasteiger partial charge on any atom is 0.310 e. The van der Waals surface area contributed by atoms with Crippen LogP contribution in [0.2, 0.25) is 0 Å². The summed E-state index contributed by atoms with van der Waals surface area (Å²) >= 11 is 0. The number of anilines is 1. The van der Waals surface area contributed by atoms with Gasteiger partial charge in [-0.05, 0) is 24.3 Å². The summed E-state index contributed by atoms with van der Waals surface area (Å²) in [6.07, 6.45) is 0. The van der Waals surface area contributed by atoms with Crippen molar-refractivity contribution in [3.05, 3.63) is 30.1 Å². The quantitative estimate of drug-likeness (QED) is 0.327. The number of rotatable bonds is 4. The van der Waals surface area contributed by atoms with Crippen LogP contribution < -0.4 is 10.6 Å². The number of piperazine rings is 1. The Morgan fingerprint density at radius 2 is 1.88 bits per heavy atom. The van der Waals surface area contributed by atoms with Crippen molar-refractivity contribution in [3.63, 3.8) is 0 Å². The van der Waals surface area contributed by atoms with Crippen LogP contribution in [0.4, 0.5) is 10.1 Å². The third kappa shape index (κ3) is 5.50. The van der Waals surface area contributed by atoms with Gasteiger partial charge in [-0.25, -0.2) is 4.39 Å². The van der Waals surface area contributed by atoms with E-state index in [1.54, 1.807) is 19.1 Å². The summed E-state index contributed by atoms with van der Waals surface area (Å²) in [4.78, 5) is 19.8. The molecule has 0 saturated carbocycles. The second-order valence-corrected chi connectivity index (χ2v) is 5.57. The molecule has 2 N–H and O–H groups in total. The molecule has 0 aliphatic carbocycles. The SMILES string of the molecule is COC(=O)C(C)CN=C(N)N1CCN(c2ccc(F)cc2)CC1.I. The van der Waals surface area contributed by atoms with Crippen LogP contribution in [0.25, 0.3) is 0 Å². The van der Waals surface area contributed by atoms with Crippen molar-refractivity contribution in [2.24, 2.45) is 16.6 Å². The van der Waals surface area contributed by atoms with E-state index in [9.17, 15) is 9.18 Å². The van der Waals surface area contributed by atoms with E-state index < -0.39 is 0 Å². The summed E-state index contributed by atoms with van der Waals surface area (Å²) in [6, 6.07) is 6.48. The predicted octanol–water partition coefficient (Wildman–Crippen LogP) is 1.69. The van der Waals surface area contributed by atoms with Crippen LogP contribution in [0.3, 0.4) is 0 Å². The Hall–Kier alpha value is -1.58. The van der Waals surface area contributed by atoms with Crippen LogP contribution in [0.1, 0.15) is 6.92 Å². The largest absolute Gasteiger partial charge is 0.469 e. The number of methoxy groups -OCH3 is 1. The van der Waals surface area contributed by atoms with Crippen molar-refractivity contribution in [1.29, 1.82) is 0 Å². The number of esters is 1. The van der Waals surface area contributed by atoms with Gasteiger partial charge in [-0.1, -0.05) is 6.92 Å². The maximum atomic E-state index is 13.0. The fraction of sp³-hybridized carbons (Fsp3) is 0.500. The standard InChI is InChI=1S/C16H23FN4O2.HI/c1-12(15(22)23-2)11-19-16(18)21-9-7-20(8-10-21)14-5-3-13(17)4-6-14;/h3-6,12H,7-11H2,1-2H3,(H2,18,19);1H. The fourth-order valence-corrected chi connectivity index (χ4v) is 2.45. The van der Waals surface area contributed by atoms with Crippen LogP contribution in [-0.4, -0.2) is 56.7 Å².